The van der Waals surface area contributed by atoms with Crippen molar-refractivity contribution in [3.63, 3.8) is 0 Å². The number of carbonyl (C=O) groups excluding carboxylic acids is 1. The van der Waals surface area contributed by atoms with Gasteiger partial charge in [-0.05, 0) is 31.2 Å². The molecular weight excluding hydrogens is 256 g/mol. The zero-order valence-corrected chi connectivity index (χ0v) is 11.2. The number of anilines is 1. The Bertz CT molecular complexity index is 665. The highest BCUT2D eigenvalue weighted by atomic mass is 32.2. The molecule has 19 heavy (non-hydrogen) atoms. The lowest BCUT2D eigenvalue weighted by Gasteiger charge is -2.20. The van der Waals surface area contributed by atoms with Crippen molar-refractivity contribution in [3.8, 4) is 0 Å². The number of fused-ring (bicyclic) bond motifs is 1. The minimum atomic E-state index is -0.0369. The molecule has 0 unspecified atom stereocenters. The molecule has 3 nitrogen and oxygen atoms in total. The fourth-order valence-corrected chi connectivity index (χ4v) is 2.93. The Labute approximate surface area is 115 Å². The second-order valence-electron chi connectivity index (χ2n) is 4.22. The molecule has 0 radical (unpaired) electrons. The predicted molar refractivity (Wildman–Crippen MR) is 77.2 cm³/mol. The fourth-order valence-electron chi connectivity index (χ4n) is 1.93. The summed E-state index contributed by atoms with van der Waals surface area (Å²) in [6.45, 7) is 1.92. The molecule has 1 N–H and O–H groups in total. The number of thioether (sulfide) groups is 1. The van der Waals surface area contributed by atoms with Gasteiger partial charge in [0.1, 0.15) is 5.69 Å². The van der Waals surface area contributed by atoms with Crippen molar-refractivity contribution in [2.24, 2.45) is 0 Å². The lowest BCUT2D eigenvalue weighted by Crippen LogP contribution is -2.12. The van der Waals surface area contributed by atoms with E-state index in [1.807, 2.05) is 37.3 Å². The van der Waals surface area contributed by atoms with Crippen LogP contribution in [0.15, 0.2) is 64.2 Å². The summed E-state index contributed by atoms with van der Waals surface area (Å²) in [4.78, 5) is 18.3. The summed E-state index contributed by atoms with van der Waals surface area (Å²) in [5, 5.41) is 3.27. The van der Waals surface area contributed by atoms with Crippen LogP contribution in [0.5, 0.6) is 0 Å². The number of para-hydroxylation sites is 1. The molecule has 0 fully saturated rings. The number of aromatic nitrogens is 1. The minimum absolute atomic E-state index is 0.0369. The molecule has 0 aliphatic carbocycles. The van der Waals surface area contributed by atoms with Crippen LogP contribution in [0.1, 0.15) is 17.4 Å². The van der Waals surface area contributed by atoms with E-state index in [0.717, 1.165) is 16.3 Å². The molecule has 1 aliphatic heterocycles. The highest BCUT2D eigenvalue weighted by Gasteiger charge is 2.22. The number of pyridine rings is 1. The lowest BCUT2D eigenvalue weighted by molar-refractivity contribution is 0.103. The number of nitrogens with one attached hydrogen (secondary N) is 1. The molecule has 1 aromatic heterocycles. The van der Waals surface area contributed by atoms with Gasteiger partial charge in [0.25, 0.3) is 0 Å². The van der Waals surface area contributed by atoms with Crippen LogP contribution in [0.4, 0.5) is 5.69 Å². The van der Waals surface area contributed by atoms with Gasteiger partial charge in [-0.2, -0.15) is 0 Å². The molecule has 4 heteroatoms. The van der Waals surface area contributed by atoms with Gasteiger partial charge in [0.2, 0.25) is 5.78 Å². The second-order valence-corrected chi connectivity index (χ2v) is 5.27. The number of nitrogens with zero attached hydrogens (tertiary/aromatic N) is 1. The van der Waals surface area contributed by atoms with Gasteiger partial charge in [-0.15, -0.1) is 0 Å². The minimum Gasteiger partial charge on any atom is -0.357 e. The first kappa shape index (κ1) is 12.0. The topological polar surface area (TPSA) is 42.0 Å². The average Bonchev–Trinajstić information content (AvgIpc) is 2.47. The molecule has 2 aromatic rings. The third-order valence-electron chi connectivity index (χ3n) is 2.87. The molecule has 0 bridgehead atoms. The number of benzene rings is 1. The zero-order valence-electron chi connectivity index (χ0n) is 10.4. The van der Waals surface area contributed by atoms with E-state index in [0.29, 0.717) is 10.6 Å². The van der Waals surface area contributed by atoms with E-state index in [9.17, 15) is 4.79 Å². The zero-order chi connectivity index (χ0) is 13.2. The largest absolute Gasteiger partial charge is 0.357 e. The summed E-state index contributed by atoms with van der Waals surface area (Å²) >= 11 is 1.50. The van der Waals surface area contributed by atoms with Crippen LogP contribution in [-0.2, 0) is 0 Å². The Morgan fingerprint density at radius 2 is 1.95 bits per heavy atom. The van der Waals surface area contributed by atoms with Crippen molar-refractivity contribution in [1.82, 2.24) is 4.98 Å². The van der Waals surface area contributed by atoms with Gasteiger partial charge in [-0.25, -0.2) is 0 Å². The summed E-state index contributed by atoms with van der Waals surface area (Å²) in [6.07, 6.45) is 1.64. The van der Waals surface area contributed by atoms with E-state index in [1.165, 1.54) is 11.8 Å². The van der Waals surface area contributed by atoms with Crippen molar-refractivity contribution < 1.29 is 4.79 Å². The third kappa shape index (κ3) is 2.27. The smallest absolute Gasteiger partial charge is 0.219 e. The number of hydrogen-bond acceptors (Lipinski definition) is 4. The van der Waals surface area contributed by atoms with Gasteiger partial charge in [-0.1, -0.05) is 30.0 Å². The van der Waals surface area contributed by atoms with Crippen LogP contribution in [0.2, 0.25) is 0 Å². The fraction of sp³-hybridized carbons (Fsp3) is 0.0667. The molecule has 0 atom stereocenters. The lowest BCUT2D eigenvalue weighted by atomic mass is 10.2. The predicted octanol–water partition coefficient (Wildman–Crippen LogP) is 3.71. The van der Waals surface area contributed by atoms with Gasteiger partial charge in [0.05, 0.1) is 10.6 Å². The van der Waals surface area contributed by atoms with Gasteiger partial charge >= 0.3 is 0 Å². The van der Waals surface area contributed by atoms with Crippen LogP contribution in [0.25, 0.3) is 0 Å². The molecular formula is C15H12N2OS. The molecule has 0 spiro atoms. The van der Waals surface area contributed by atoms with Gasteiger partial charge < -0.3 is 5.32 Å². The highest BCUT2D eigenvalue weighted by molar-refractivity contribution is 8.04. The van der Waals surface area contributed by atoms with E-state index in [2.05, 4.69) is 10.3 Å². The standard InChI is InChI=1S/C15H12N2OS/c1-10-15(14(18)12-7-4-5-9-16-12)19-13-8-3-2-6-11(13)17-10/h2-9,17H,1H3. The van der Waals surface area contributed by atoms with Crippen molar-refractivity contribution >= 4 is 23.2 Å². The van der Waals surface area contributed by atoms with E-state index < -0.39 is 0 Å². The number of hydrogen-bond donors (Lipinski definition) is 1. The molecule has 1 aromatic carbocycles. The van der Waals surface area contributed by atoms with Crippen LogP contribution in [0.3, 0.4) is 0 Å². The summed E-state index contributed by atoms with van der Waals surface area (Å²) in [6, 6.07) is 13.3. The van der Waals surface area contributed by atoms with Crippen molar-refractivity contribution in [3.05, 3.63) is 65.0 Å². The molecule has 3 rings (SSSR count). The maximum Gasteiger partial charge on any atom is 0.219 e. The summed E-state index contributed by atoms with van der Waals surface area (Å²) in [7, 11) is 0. The monoisotopic (exact) mass is 268 g/mol. The second kappa shape index (κ2) is 4.90. The Kier molecular flexibility index (Phi) is 3.09. The van der Waals surface area contributed by atoms with Crippen LogP contribution in [-0.4, -0.2) is 10.8 Å². The normalized spacial score (nSPS) is 13.7. The van der Waals surface area contributed by atoms with E-state index >= 15 is 0 Å². The number of carbonyl (C=O) groups is 1. The van der Waals surface area contributed by atoms with E-state index in [1.54, 1.807) is 18.3 Å². The molecule has 0 amide bonds. The molecule has 0 saturated heterocycles. The molecule has 0 saturated carbocycles. The molecule has 2 heterocycles. The summed E-state index contributed by atoms with van der Waals surface area (Å²) in [5.74, 6) is -0.0369. The summed E-state index contributed by atoms with van der Waals surface area (Å²) < 4.78 is 0. The van der Waals surface area contributed by atoms with Crippen LogP contribution < -0.4 is 5.32 Å². The maximum atomic E-state index is 12.4. The molecule has 1 aliphatic rings. The Morgan fingerprint density at radius 1 is 1.16 bits per heavy atom. The molecule has 94 valence electrons. The highest BCUT2D eigenvalue weighted by Crippen LogP contribution is 2.40. The third-order valence-corrected chi connectivity index (χ3v) is 4.14. The van der Waals surface area contributed by atoms with Crippen LogP contribution in [0, 0.1) is 0 Å². The number of Topliss-reactive ketones (excluding diaryl/α,β-unsaturated/α-hetero) is 1. The van der Waals surface area contributed by atoms with Gasteiger partial charge in [0.15, 0.2) is 0 Å². The van der Waals surface area contributed by atoms with Gasteiger partial charge in [-0.3, -0.25) is 9.78 Å². The quantitative estimate of drug-likeness (QED) is 0.843. The number of rotatable bonds is 2. The van der Waals surface area contributed by atoms with Crippen molar-refractivity contribution in [2.75, 3.05) is 5.32 Å². The van der Waals surface area contributed by atoms with E-state index in [4.69, 9.17) is 0 Å². The Morgan fingerprint density at radius 3 is 2.74 bits per heavy atom. The van der Waals surface area contributed by atoms with Crippen molar-refractivity contribution in [1.29, 1.82) is 0 Å². The maximum absolute atomic E-state index is 12.4. The number of allylic oxidation sites excluding steroid dienone is 2. The number of ketones is 1. The van der Waals surface area contributed by atoms with Gasteiger partial charge in [0, 0.05) is 16.8 Å². The first-order valence-electron chi connectivity index (χ1n) is 5.96. The summed E-state index contributed by atoms with van der Waals surface area (Å²) in [5.41, 5.74) is 2.40. The first-order valence-corrected chi connectivity index (χ1v) is 6.78. The van der Waals surface area contributed by atoms with E-state index in [-0.39, 0.29) is 5.78 Å². The van der Waals surface area contributed by atoms with Crippen molar-refractivity contribution in [2.45, 2.75) is 11.8 Å². The Hall–Kier alpha value is -2.07. The Balaban J connectivity index is 1.96. The first-order chi connectivity index (χ1) is 9.25. The van der Waals surface area contributed by atoms with Crippen LogP contribution >= 0.6 is 11.8 Å². The average molecular weight is 268 g/mol. The SMILES string of the molecule is CC1=C(C(=O)c2ccccn2)Sc2ccccc2N1.